The van der Waals surface area contributed by atoms with Gasteiger partial charge in [0, 0.05) is 31.9 Å². The lowest BCUT2D eigenvalue weighted by atomic mass is 10.2. The van der Waals surface area contributed by atoms with Crippen LogP contribution < -0.4 is 15.6 Å². The van der Waals surface area contributed by atoms with Crippen molar-refractivity contribution in [2.45, 2.75) is 18.9 Å². The van der Waals surface area contributed by atoms with Crippen LogP contribution in [0.15, 0.2) is 29.4 Å². The molecule has 1 aromatic carbocycles. The van der Waals surface area contributed by atoms with E-state index >= 15 is 0 Å². The fourth-order valence-corrected chi connectivity index (χ4v) is 2.95. The molecule has 0 amide bonds. The lowest BCUT2D eigenvalue weighted by Crippen LogP contribution is -2.37. The Hall–Kier alpha value is -1.70. The second kappa shape index (κ2) is 8.96. The van der Waals surface area contributed by atoms with E-state index in [1.165, 1.54) is 5.69 Å². The third-order valence-corrected chi connectivity index (χ3v) is 4.40. The molecule has 2 heterocycles. The molecular formula is C17H24N4O2S. The number of nitrogens with one attached hydrogen (secondary N) is 2. The Bertz CT molecular complexity index is 552. The number of hydrogen-bond donors (Lipinski definition) is 2. The van der Waals surface area contributed by atoms with Gasteiger partial charge in [-0.1, -0.05) is 12.1 Å². The molecule has 6 nitrogen and oxygen atoms in total. The van der Waals surface area contributed by atoms with Crippen LogP contribution in [0.1, 0.15) is 18.4 Å². The number of hydrazone groups is 1. The van der Waals surface area contributed by atoms with Gasteiger partial charge in [-0.05, 0) is 42.8 Å². The van der Waals surface area contributed by atoms with Crippen molar-refractivity contribution in [1.29, 1.82) is 0 Å². The number of morpholine rings is 1. The normalized spacial score (nSPS) is 21.2. The highest BCUT2D eigenvalue weighted by Crippen LogP contribution is 2.16. The summed E-state index contributed by atoms with van der Waals surface area (Å²) in [4.78, 5) is 2.33. The molecule has 0 aromatic heterocycles. The number of anilines is 1. The van der Waals surface area contributed by atoms with Gasteiger partial charge in [-0.15, -0.1) is 0 Å². The number of nitrogens with zero attached hydrogens (tertiary/aromatic N) is 2. The molecule has 130 valence electrons. The van der Waals surface area contributed by atoms with E-state index in [0.717, 1.165) is 57.9 Å². The molecule has 2 aliphatic rings. The Morgan fingerprint density at radius 2 is 2.04 bits per heavy atom. The predicted molar refractivity (Wildman–Crippen MR) is 99.8 cm³/mol. The molecule has 2 aliphatic heterocycles. The number of ether oxygens (including phenoxy) is 2. The van der Waals surface area contributed by atoms with Crippen LogP contribution in [0.5, 0.6) is 0 Å². The quantitative estimate of drug-likeness (QED) is 0.478. The lowest BCUT2D eigenvalue weighted by Gasteiger charge is -2.28. The van der Waals surface area contributed by atoms with Crippen LogP contribution in [0.4, 0.5) is 5.69 Å². The van der Waals surface area contributed by atoms with Crippen LogP contribution in [0.25, 0.3) is 0 Å². The number of benzene rings is 1. The van der Waals surface area contributed by atoms with E-state index < -0.39 is 0 Å². The first-order chi connectivity index (χ1) is 11.8. The van der Waals surface area contributed by atoms with Crippen molar-refractivity contribution in [3.63, 3.8) is 0 Å². The average molecular weight is 348 g/mol. The summed E-state index contributed by atoms with van der Waals surface area (Å²) in [5.74, 6) is 0. The topological polar surface area (TPSA) is 58.1 Å². The van der Waals surface area contributed by atoms with Crippen molar-refractivity contribution in [1.82, 2.24) is 10.7 Å². The maximum absolute atomic E-state index is 5.54. The molecule has 1 aromatic rings. The largest absolute Gasteiger partial charge is 0.378 e. The van der Waals surface area contributed by atoms with Gasteiger partial charge >= 0.3 is 0 Å². The number of hydrogen-bond acceptors (Lipinski definition) is 5. The van der Waals surface area contributed by atoms with Crippen LogP contribution in [-0.4, -0.2) is 56.9 Å². The molecule has 0 aliphatic carbocycles. The van der Waals surface area contributed by atoms with Gasteiger partial charge < -0.3 is 19.7 Å². The van der Waals surface area contributed by atoms with E-state index in [1.54, 1.807) is 6.21 Å². The van der Waals surface area contributed by atoms with Crippen LogP contribution in [-0.2, 0) is 9.47 Å². The van der Waals surface area contributed by atoms with Crippen molar-refractivity contribution >= 4 is 29.2 Å². The fraction of sp³-hybridized carbons (Fsp3) is 0.529. The van der Waals surface area contributed by atoms with Gasteiger partial charge in [0.2, 0.25) is 0 Å². The van der Waals surface area contributed by atoms with Crippen molar-refractivity contribution in [3.05, 3.63) is 29.8 Å². The van der Waals surface area contributed by atoms with Gasteiger partial charge in [0.25, 0.3) is 0 Å². The van der Waals surface area contributed by atoms with E-state index in [9.17, 15) is 0 Å². The summed E-state index contributed by atoms with van der Waals surface area (Å²) in [6, 6.07) is 8.33. The van der Waals surface area contributed by atoms with Gasteiger partial charge in [0.1, 0.15) is 0 Å². The minimum Gasteiger partial charge on any atom is -0.378 e. The van der Waals surface area contributed by atoms with E-state index in [0.29, 0.717) is 5.11 Å². The third kappa shape index (κ3) is 5.15. The molecule has 1 atom stereocenters. The molecule has 24 heavy (non-hydrogen) atoms. The first-order valence-electron chi connectivity index (χ1n) is 8.42. The van der Waals surface area contributed by atoms with Gasteiger partial charge in [-0.3, -0.25) is 5.43 Å². The Labute approximate surface area is 148 Å². The molecule has 0 spiro atoms. The van der Waals surface area contributed by atoms with E-state index in [2.05, 4.69) is 45.0 Å². The van der Waals surface area contributed by atoms with Crippen molar-refractivity contribution in [2.24, 2.45) is 5.10 Å². The second-order valence-electron chi connectivity index (χ2n) is 5.91. The first kappa shape index (κ1) is 17.1. The Morgan fingerprint density at radius 1 is 1.25 bits per heavy atom. The number of rotatable bonds is 5. The zero-order valence-electron chi connectivity index (χ0n) is 13.7. The molecular weight excluding hydrogens is 324 g/mol. The lowest BCUT2D eigenvalue weighted by molar-refractivity contribution is 0.114. The van der Waals surface area contributed by atoms with Crippen molar-refractivity contribution < 1.29 is 9.47 Å². The summed E-state index contributed by atoms with van der Waals surface area (Å²) in [6.45, 7) is 5.06. The average Bonchev–Trinajstić information content (AvgIpc) is 3.15. The maximum atomic E-state index is 5.54. The summed E-state index contributed by atoms with van der Waals surface area (Å²) in [6.07, 6.45) is 4.25. The molecule has 0 saturated carbocycles. The van der Waals surface area contributed by atoms with Gasteiger partial charge in [0.15, 0.2) is 5.11 Å². The summed E-state index contributed by atoms with van der Waals surface area (Å²) in [7, 11) is 0. The van der Waals surface area contributed by atoms with Crippen molar-refractivity contribution in [2.75, 3.05) is 44.4 Å². The third-order valence-electron chi connectivity index (χ3n) is 4.16. The molecule has 1 unspecified atom stereocenters. The minimum absolute atomic E-state index is 0.265. The second-order valence-corrected chi connectivity index (χ2v) is 6.31. The highest BCUT2D eigenvalue weighted by Gasteiger charge is 2.15. The smallest absolute Gasteiger partial charge is 0.187 e. The minimum atomic E-state index is 0.265. The fourth-order valence-electron chi connectivity index (χ4n) is 2.81. The highest BCUT2D eigenvalue weighted by molar-refractivity contribution is 7.80. The Balaban J connectivity index is 1.41. The number of thiocarbonyl (C=S) groups is 1. The maximum Gasteiger partial charge on any atom is 0.187 e. The predicted octanol–water partition coefficient (Wildman–Crippen LogP) is 1.50. The van der Waals surface area contributed by atoms with Crippen LogP contribution in [0.3, 0.4) is 0 Å². The van der Waals surface area contributed by atoms with Gasteiger partial charge in [0.05, 0.1) is 25.5 Å². The molecule has 0 radical (unpaired) electrons. The zero-order valence-corrected chi connectivity index (χ0v) is 14.6. The summed E-state index contributed by atoms with van der Waals surface area (Å²) in [5.41, 5.74) is 5.09. The molecule has 2 N–H and O–H groups in total. The molecule has 2 fully saturated rings. The molecule has 0 bridgehead atoms. The van der Waals surface area contributed by atoms with Gasteiger partial charge in [-0.25, -0.2) is 0 Å². The summed E-state index contributed by atoms with van der Waals surface area (Å²) < 4.78 is 10.9. The first-order valence-corrected chi connectivity index (χ1v) is 8.83. The molecule has 2 saturated heterocycles. The van der Waals surface area contributed by atoms with Crippen LogP contribution in [0, 0.1) is 0 Å². The zero-order chi connectivity index (χ0) is 16.6. The monoisotopic (exact) mass is 348 g/mol. The summed E-state index contributed by atoms with van der Waals surface area (Å²) in [5, 5.41) is 7.82. The van der Waals surface area contributed by atoms with Gasteiger partial charge in [-0.2, -0.15) is 5.10 Å². The van der Waals surface area contributed by atoms with E-state index in [-0.39, 0.29) is 6.10 Å². The Morgan fingerprint density at radius 3 is 2.75 bits per heavy atom. The highest BCUT2D eigenvalue weighted by atomic mass is 32.1. The standard InChI is InChI=1S/C17H24N4O2S/c24-17(18-13-16-2-1-9-23-16)20-19-12-14-3-5-15(6-4-14)21-7-10-22-11-8-21/h3-6,12,16H,1-2,7-11,13H2,(H2,18,20,24). The molecule has 3 rings (SSSR count). The van der Waals surface area contributed by atoms with E-state index in [4.69, 9.17) is 21.7 Å². The van der Waals surface area contributed by atoms with E-state index in [1.807, 2.05) is 0 Å². The van der Waals surface area contributed by atoms with Crippen LogP contribution in [0.2, 0.25) is 0 Å². The molecule has 7 heteroatoms. The van der Waals surface area contributed by atoms with Crippen molar-refractivity contribution in [3.8, 4) is 0 Å². The Kier molecular flexibility index (Phi) is 6.40. The SMILES string of the molecule is S=C(NCC1CCCO1)NN=Cc1ccc(N2CCOCC2)cc1. The van der Waals surface area contributed by atoms with Crippen LogP contribution >= 0.6 is 12.2 Å². The summed E-state index contributed by atoms with van der Waals surface area (Å²) >= 11 is 5.20.